The standard InChI is InChI=1S/C14H21FN4O/c1-9-8-19(3)5-4-12(9)18-14(20)11-6-10(15)7-17-13(11)16-2/h6-7,9,12H,4-5,8H2,1-3H3,(H,16,17)(H,18,20). The Kier molecular flexibility index (Phi) is 4.54. The first-order valence-electron chi connectivity index (χ1n) is 6.84. The van der Waals surface area contributed by atoms with Crippen molar-refractivity contribution in [1.29, 1.82) is 0 Å². The molecule has 2 N–H and O–H groups in total. The van der Waals surface area contributed by atoms with Crippen LogP contribution in [-0.2, 0) is 0 Å². The Morgan fingerprint density at radius 2 is 2.30 bits per heavy atom. The second kappa shape index (κ2) is 6.17. The highest BCUT2D eigenvalue weighted by Crippen LogP contribution is 2.18. The SMILES string of the molecule is CNc1ncc(F)cc1C(=O)NC1CCN(C)CC1C. The second-order valence-corrected chi connectivity index (χ2v) is 5.41. The molecular formula is C14H21FN4O. The lowest BCUT2D eigenvalue weighted by atomic mass is 9.94. The molecule has 2 rings (SSSR count). The van der Waals surface area contributed by atoms with E-state index in [1.807, 2.05) is 0 Å². The van der Waals surface area contributed by atoms with Crippen molar-refractivity contribution in [3.63, 3.8) is 0 Å². The number of pyridine rings is 1. The van der Waals surface area contributed by atoms with Gasteiger partial charge in [0.05, 0.1) is 11.8 Å². The van der Waals surface area contributed by atoms with Gasteiger partial charge < -0.3 is 15.5 Å². The van der Waals surface area contributed by atoms with Crippen molar-refractivity contribution >= 4 is 11.7 Å². The Morgan fingerprint density at radius 3 is 2.95 bits per heavy atom. The van der Waals surface area contributed by atoms with Crippen LogP contribution in [0.5, 0.6) is 0 Å². The van der Waals surface area contributed by atoms with Crippen molar-refractivity contribution in [2.24, 2.45) is 5.92 Å². The first kappa shape index (κ1) is 14.7. The smallest absolute Gasteiger partial charge is 0.255 e. The monoisotopic (exact) mass is 280 g/mol. The molecule has 1 saturated heterocycles. The van der Waals surface area contributed by atoms with Crippen LogP contribution in [0.15, 0.2) is 12.3 Å². The minimum absolute atomic E-state index is 0.117. The van der Waals surface area contributed by atoms with E-state index in [0.29, 0.717) is 11.7 Å². The zero-order valence-corrected chi connectivity index (χ0v) is 12.1. The van der Waals surface area contributed by atoms with Crippen LogP contribution in [0.2, 0.25) is 0 Å². The van der Waals surface area contributed by atoms with Gasteiger partial charge in [0.2, 0.25) is 0 Å². The second-order valence-electron chi connectivity index (χ2n) is 5.41. The van der Waals surface area contributed by atoms with E-state index in [2.05, 4.69) is 34.5 Å². The maximum absolute atomic E-state index is 13.3. The molecule has 0 radical (unpaired) electrons. The van der Waals surface area contributed by atoms with Crippen molar-refractivity contribution in [3.05, 3.63) is 23.6 Å². The zero-order chi connectivity index (χ0) is 14.7. The van der Waals surface area contributed by atoms with E-state index in [1.165, 1.54) is 6.07 Å². The lowest BCUT2D eigenvalue weighted by Crippen LogP contribution is -2.49. The molecule has 1 aliphatic rings. The first-order valence-corrected chi connectivity index (χ1v) is 6.84. The summed E-state index contributed by atoms with van der Waals surface area (Å²) in [5, 5.41) is 5.81. The van der Waals surface area contributed by atoms with E-state index >= 15 is 0 Å². The van der Waals surface area contributed by atoms with Gasteiger partial charge in [-0.1, -0.05) is 6.92 Å². The van der Waals surface area contributed by atoms with E-state index in [-0.39, 0.29) is 17.5 Å². The van der Waals surface area contributed by atoms with E-state index in [4.69, 9.17) is 0 Å². The van der Waals surface area contributed by atoms with Crippen LogP contribution in [-0.4, -0.2) is 49.0 Å². The molecule has 0 spiro atoms. The Labute approximate surface area is 118 Å². The average molecular weight is 280 g/mol. The van der Waals surface area contributed by atoms with Crippen LogP contribution >= 0.6 is 0 Å². The maximum atomic E-state index is 13.3. The fourth-order valence-corrected chi connectivity index (χ4v) is 2.63. The number of likely N-dealkylation sites (tertiary alicyclic amines) is 1. The first-order chi connectivity index (χ1) is 9.51. The normalized spacial score (nSPS) is 23.4. The Hall–Kier alpha value is -1.69. The van der Waals surface area contributed by atoms with Gasteiger partial charge in [-0.3, -0.25) is 4.79 Å². The number of halogens is 1. The van der Waals surface area contributed by atoms with Crippen LogP contribution in [0.25, 0.3) is 0 Å². The van der Waals surface area contributed by atoms with Crippen molar-refractivity contribution in [1.82, 2.24) is 15.2 Å². The van der Waals surface area contributed by atoms with Gasteiger partial charge >= 0.3 is 0 Å². The Morgan fingerprint density at radius 1 is 1.55 bits per heavy atom. The number of rotatable bonds is 3. The van der Waals surface area contributed by atoms with E-state index in [0.717, 1.165) is 25.7 Å². The van der Waals surface area contributed by atoms with E-state index < -0.39 is 5.82 Å². The summed E-state index contributed by atoms with van der Waals surface area (Å²) in [6.07, 6.45) is 2.00. The highest BCUT2D eigenvalue weighted by molar-refractivity contribution is 5.98. The number of aromatic nitrogens is 1. The third-order valence-electron chi connectivity index (χ3n) is 3.76. The molecule has 1 amide bonds. The molecule has 1 aromatic rings. The van der Waals surface area contributed by atoms with Crippen molar-refractivity contribution < 1.29 is 9.18 Å². The molecular weight excluding hydrogens is 259 g/mol. The molecule has 1 aliphatic heterocycles. The van der Waals surface area contributed by atoms with Crippen molar-refractivity contribution in [2.75, 3.05) is 32.5 Å². The molecule has 1 fully saturated rings. The van der Waals surface area contributed by atoms with Gasteiger partial charge in [-0.2, -0.15) is 0 Å². The summed E-state index contributed by atoms with van der Waals surface area (Å²) in [4.78, 5) is 18.4. The predicted octanol–water partition coefficient (Wildman–Crippen LogP) is 1.33. The van der Waals surface area contributed by atoms with Crippen LogP contribution in [0.3, 0.4) is 0 Å². The van der Waals surface area contributed by atoms with Gasteiger partial charge in [0.1, 0.15) is 11.6 Å². The highest BCUT2D eigenvalue weighted by atomic mass is 19.1. The summed E-state index contributed by atoms with van der Waals surface area (Å²) in [5.41, 5.74) is 0.249. The van der Waals surface area contributed by atoms with Gasteiger partial charge in [0.25, 0.3) is 5.91 Å². The third kappa shape index (κ3) is 3.25. The number of anilines is 1. The zero-order valence-electron chi connectivity index (χ0n) is 12.1. The molecule has 6 heteroatoms. The quantitative estimate of drug-likeness (QED) is 0.877. The number of carbonyl (C=O) groups is 1. The number of hydrogen-bond donors (Lipinski definition) is 2. The number of carbonyl (C=O) groups excluding carboxylic acids is 1. The Bertz CT molecular complexity index is 494. The van der Waals surface area contributed by atoms with E-state index in [1.54, 1.807) is 7.05 Å². The van der Waals surface area contributed by atoms with Crippen molar-refractivity contribution in [3.8, 4) is 0 Å². The number of hydrogen-bond acceptors (Lipinski definition) is 4. The third-order valence-corrected chi connectivity index (χ3v) is 3.76. The molecule has 2 unspecified atom stereocenters. The molecule has 2 atom stereocenters. The summed E-state index contributed by atoms with van der Waals surface area (Å²) >= 11 is 0. The number of nitrogens with one attached hydrogen (secondary N) is 2. The molecule has 110 valence electrons. The molecule has 0 saturated carbocycles. The number of amides is 1. The van der Waals surface area contributed by atoms with Crippen LogP contribution in [0.4, 0.5) is 10.2 Å². The van der Waals surface area contributed by atoms with Gasteiger partial charge in [-0.05, 0) is 32.0 Å². The largest absolute Gasteiger partial charge is 0.372 e. The van der Waals surface area contributed by atoms with Crippen LogP contribution in [0, 0.1) is 11.7 Å². The summed E-state index contributed by atoms with van der Waals surface area (Å²) in [7, 11) is 3.74. The molecule has 5 nitrogen and oxygen atoms in total. The lowest BCUT2D eigenvalue weighted by Gasteiger charge is -2.35. The topological polar surface area (TPSA) is 57.3 Å². The summed E-state index contributed by atoms with van der Waals surface area (Å²) in [6, 6.07) is 1.33. The van der Waals surface area contributed by atoms with E-state index in [9.17, 15) is 9.18 Å². The molecule has 0 aromatic carbocycles. The average Bonchev–Trinajstić information content (AvgIpc) is 2.41. The molecule has 0 bridgehead atoms. The number of nitrogens with zero attached hydrogens (tertiary/aromatic N) is 2. The van der Waals surface area contributed by atoms with Gasteiger partial charge in [-0.25, -0.2) is 9.37 Å². The maximum Gasteiger partial charge on any atom is 0.255 e. The summed E-state index contributed by atoms with van der Waals surface area (Å²) in [5.74, 6) is -0.0185. The minimum atomic E-state index is -0.509. The Balaban J connectivity index is 2.10. The fraction of sp³-hybridized carbons (Fsp3) is 0.571. The highest BCUT2D eigenvalue weighted by Gasteiger charge is 2.26. The fourth-order valence-electron chi connectivity index (χ4n) is 2.63. The van der Waals surface area contributed by atoms with Gasteiger partial charge in [-0.15, -0.1) is 0 Å². The molecule has 0 aliphatic carbocycles. The molecule has 20 heavy (non-hydrogen) atoms. The molecule has 1 aromatic heterocycles. The summed E-state index contributed by atoms with van der Waals surface area (Å²) < 4.78 is 13.3. The predicted molar refractivity (Wildman–Crippen MR) is 76.3 cm³/mol. The minimum Gasteiger partial charge on any atom is -0.372 e. The van der Waals surface area contributed by atoms with Crippen LogP contribution in [0.1, 0.15) is 23.7 Å². The number of piperidine rings is 1. The van der Waals surface area contributed by atoms with Crippen molar-refractivity contribution in [2.45, 2.75) is 19.4 Å². The van der Waals surface area contributed by atoms with Gasteiger partial charge in [0, 0.05) is 19.6 Å². The van der Waals surface area contributed by atoms with Crippen LogP contribution < -0.4 is 10.6 Å². The summed E-state index contributed by atoms with van der Waals surface area (Å²) in [6.45, 7) is 4.02. The lowest BCUT2D eigenvalue weighted by molar-refractivity contribution is 0.0884. The van der Waals surface area contributed by atoms with Gasteiger partial charge in [0.15, 0.2) is 0 Å². The molecule has 2 heterocycles.